The molecule has 0 bridgehead atoms. The van der Waals surface area contributed by atoms with Crippen molar-refractivity contribution in [3.63, 3.8) is 0 Å². The molecule has 0 radical (unpaired) electrons. The van der Waals surface area contributed by atoms with Crippen LogP contribution in [0.5, 0.6) is 0 Å². The number of aliphatic hydroxyl groups excluding tert-OH is 1. The first-order chi connectivity index (χ1) is 8.18. The molecule has 1 aromatic rings. The second-order valence-electron chi connectivity index (χ2n) is 4.52. The molecular formula is C13H19NO3. The minimum absolute atomic E-state index is 0.533. The van der Waals surface area contributed by atoms with E-state index in [4.69, 9.17) is 9.47 Å². The molecule has 0 saturated carbocycles. The summed E-state index contributed by atoms with van der Waals surface area (Å²) in [6.45, 7) is 3.19. The molecule has 17 heavy (non-hydrogen) atoms. The second-order valence-corrected chi connectivity index (χ2v) is 4.52. The Morgan fingerprint density at radius 2 is 2.12 bits per heavy atom. The van der Waals surface area contributed by atoms with Crippen molar-refractivity contribution < 1.29 is 14.6 Å². The molecule has 0 aromatic carbocycles. The first kappa shape index (κ1) is 12.5. The van der Waals surface area contributed by atoms with E-state index in [0.29, 0.717) is 26.1 Å². The minimum Gasteiger partial charge on any atom is -0.385 e. The zero-order valence-electron chi connectivity index (χ0n) is 10.3. The summed E-state index contributed by atoms with van der Waals surface area (Å²) < 4.78 is 10.9. The molecule has 2 rings (SSSR count). The SMILES string of the molecule is COC1(C(O)c2ccc(C)nc2)CCOCC1. The molecule has 4 heteroatoms. The van der Waals surface area contributed by atoms with Gasteiger partial charge in [-0.3, -0.25) is 4.98 Å². The van der Waals surface area contributed by atoms with Crippen molar-refractivity contribution in [2.75, 3.05) is 20.3 Å². The number of aromatic nitrogens is 1. The van der Waals surface area contributed by atoms with Gasteiger partial charge in [0, 0.05) is 50.6 Å². The third-order valence-corrected chi connectivity index (χ3v) is 3.49. The molecule has 1 atom stereocenters. The monoisotopic (exact) mass is 237 g/mol. The molecule has 1 saturated heterocycles. The highest BCUT2D eigenvalue weighted by Crippen LogP contribution is 2.36. The van der Waals surface area contributed by atoms with Gasteiger partial charge in [0.05, 0.1) is 0 Å². The minimum atomic E-state index is -0.649. The highest BCUT2D eigenvalue weighted by molar-refractivity contribution is 5.19. The smallest absolute Gasteiger partial charge is 0.110 e. The lowest BCUT2D eigenvalue weighted by Crippen LogP contribution is -2.43. The van der Waals surface area contributed by atoms with Crippen LogP contribution in [0.1, 0.15) is 30.2 Å². The van der Waals surface area contributed by atoms with Crippen LogP contribution in [-0.2, 0) is 9.47 Å². The third-order valence-electron chi connectivity index (χ3n) is 3.49. The summed E-state index contributed by atoms with van der Waals surface area (Å²) >= 11 is 0. The lowest BCUT2D eigenvalue weighted by Gasteiger charge is -2.39. The molecule has 2 heterocycles. The van der Waals surface area contributed by atoms with Crippen molar-refractivity contribution in [3.05, 3.63) is 29.6 Å². The summed E-state index contributed by atoms with van der Waals surface area (Å²) in [4.78, 5) is 4.21. The van der Waals surface area contributed by atoms with Gasteiger partial charge in [-0.05, 0) is 13.0 Å². The number of rotatable bonds is 3. The van der Waals surface area contributed by atoms with Gasteiger partial charge in [0.1, 0.15) is 11.7 Å². The van der Waals surface area contributed by atoms with Gasteiger partial charge in [0.2, 0.25) is 0 Å². The van der Waals surface area contributed by atoms with Gasteiger partial charge in [-0.15, -0.1) is 0 Å². The van der Waals surface area contributed by atoms with Crippen LogP contribution in [-0.4, -0.2) is 36.0 Å². The number of methoxy groups -OCH3 is 1. The van der Waals surface area contributed by atoms with Gasteiger partial charge >= 0.3 is 0 Å². The molecule has 0 aliphatic carbocycles. The van der Waals surface area contributed by atoms with Crippen LogP contribution in [0.2, 0.25) is 0 Å². The largest absolute Gasteiger partial charge is 0.385 e. The Morgan fingerprint density at radius 1 is 1.41 bits per heavy atom. The molecule has 0 spiro atoms. The van der Waals surface area contributed by atoms with Crippen molar-refractivity contribution in [1.29, 1.82) is 0 Å². The summed E-state index contributed by atoms with van der Waals surface area (Å²) in [5, 5.41) is 10.5. The predicted molar refractivity (Wildman–Crippen MR) is 63.7 cm³/mol. The fraction of sp³-hybridized carbons (Fsp3) is 0.615. The predicted octanol–water partition coefficient (Wildman–Crippen LogP) is 1.62. The summed E-state index contributed by atoms with van der Waals surface area (Å²) in [7, 11) is 1.65. The number of aliphatic hydroxyl groups is 1. The first-order valence-corrected chi connectivity index (χ1v) is 5.91. The van der Waals surface area contributed by atoms with Crippen LogP contribution in [0, 0.1) is 6.92 Å². The molecule has 4 nitrogen and oxygen atoms in total. The molecule has 1 fully saturated rings. The molecule has 1 N–H and O–H groups in total. The van der Waals surface area contributed by atoms with Gasteiger partial charge in [-0.2, -0.15) is 0 Å². The lowest BCUT2D eigenvalue weighted by molar-refractivity contribution is -0.154. The average Bonchev–Trinajstić information content (AvgIpc) is 2.39. The van der Waals surface area contributed by atoms with Crippen molar-refractivity contribution in [1.82, 2.24) is 4.98 Å². The van der Waals surface area contributed by atoms with E-state index in [0.717, 1.165) is 11.3 Å². The Bertz CT molecular complexity index is 357. The van der Waals surface area contributed by atoms with Crippen LogP contribution >= 0.6 is 0 Å². The van der Waals surface area contributed by atoms with Gasteiger partial charge in [-0.25, -0.2) is 0 Å². The van der Waals surface area contributed by atoms with Crippen molar-refractivity contribution in [3.8, 4) is 0 Å². The standard InChI is InChI=1S/C13H19NO3/c1-10-3-4-11(9-14-10)12(15)13(16-2)5-7-17-8-6-13/h3-4,9,12,15H,5-8H2,1-2H3. The summed E-state index contributed by atoms with van der Waals surface area (Å²) in [5.41, 5.74) is 1.22. The van der Waals surface area contributed by atoms with E-state index < -0.39 is 11.7 Å². The maximum atomic E-state index is 10.5. The average molecular weight is 237 g/mol. The van der Waals surface area contributed by atoms with Crippen molar-refractivity contribution in [2.24, 2.45) is 0 Å². The van der Waals surface area contributed by atoms with Crippen LogP contribution < -0.4 is 0 Å². The van der Waals surface area contributed by atoms with Gasteiger partial charge < -0.3 is 14.6 Å². The van der Waals surface area contributed by atoms with Crippen LogP contribution in [0.15, 0.2) is 18.3 Å². The third kappa shape index (κ3) is 2.49. The fourth-order valence-electron chi connectivity index (χ4n) is 2.25. The number of aryl methyl sites for hydroxylation is 1. The highest BCUT2D eigenvalue weighted by Gasteiger charge is 2.40. The Kier molecular flexibility index (Phi) is 3.76. The molecule has 0 amide bonds. The van der Waals surface area contributed by atoms with Gasteiger partial charge in [-0.1, -0.05) is 6.07 Å². The quantitative estimate of drug-likeness (QED) is 0.868. The van der Waals surface area contributed by atoms with E-state index in [1.165, 1.54) is 0 Å². The Hall–Kier alpha value is -0.970. The maximum Gasteiger partial charge on any atom is 0.110 e. The van der Waals surface area contributed by atoms with Crippen molar-refractivity contribution >= 4 is 0 Å². The second kappa shape index (κ2) is 5.12. The summed E-state index contributed by atoms with van der Waals surface area (Å²) in [5.74, 6) is 0. The zero-order chi connectivity index (χ0) is 12.3. The van der Waals surface area contributed by atoms with E-state index in [-0.39, 0.29) is 0 Å². The first-order valence-electron chi connectivity index (χ1n) is 5.91. The Morgan fingerprint density at radius 3 is 2.65 bits per heavy atom. The van der Waals surface area contributed by atoms with E-state index >= 15 is 0 Å². The van der Waals surface area contributed by atoms with E-state index in [1.807, 2.05) is 19.1 Å². The van der Waals surface area contributed by atoms with Crippen LogP contribution in [0.4, 0.5) is 0 Å². The van der Waals surface area contributed by atoms with E-state index in [1.54, 1.807) is 13.3 Å². The molecule has 94 valence electrons. The van der Waals surface area contributed by atoms with Crippen LogP contribution in [0.3, 0.4) is 0 Å². The summed E-state index contributed by atoms with van der Waals surface area (Å²) in [6, 6.07) is 3.81. The number of ether oxygens (including phenoxy) is 2. The highest BCUT2D eigenvalue weighted by atomic mass is 16.5. The topological polar surface area (TPSA) is 51.6 Å². The summed E-state index contributed by atoms with van der Waals surface area (Å²) in [6.07, 6.45) is 2.48. The fourth-order valence-corrected chi connectivity index (χ4v) is 2.25. The molecular weight excluding hydrogens is 218 g/mol. The Labute approximate surface area is 102 Å². The van der Waals surface area contributed by atoms with E-state index in [9.17, 15) is 5.11 Å². The van der Waals surface area contributed by atoms with Gasteiger partial charge in [0.25, 0.3) is 0 Å². The lowest BCUT2D eigenvalue weighted by atomic mass is 9.84. The molecule has 1 unspecified atom stereocenters. The zero-order valence-corrected chi connectivity index (χ0v) is 10.3. The number of hydrogen-bond donors (Lipinski definition) is 1. The number of pyridine rings is 1. The molecule has 1 aliphatic rings. The number of hydrogen-bond acceptors (Lipinski definition) is 4. The number of nitrogens with zero attached hydrogens (tertiary/aromatic N) is 1. The molecule has 1 aromatic heterocycles. The van der Waals surface area contributed by atoms with Gasteiger partial charge in [0.15, 0.2) is 0 Å². The van der Waals surface area contributed by atoms with E-state index in [2.05, 4.69) is 4.98 Å². The molecule has 1 aliphatic heterocycles. The van der Waals surface area contributed by atoms with Crippen molar-refractivity contribution in [2.45, 2.75) is 31.5 Å². The Balaban J connectivity index is 2.21. The van der Waals surface area contributed by atoms with Crippen LogP contribution in [0.25, 0.3) is 0 Å². The maximum absolute atomic E-state index is 10.5. The normalized spacial score (nSPS) is 21.1.